The maximum atomic E-state index is 11.1. The van der Waals surface area contributed by atoms with E-state index in [1.807, 2.05) is 11.8 Å². The lowest BCUT2D eigenvalue weighted by atomic mass is 9.74. The van der Waals surface area contributed by atoms with Crippen LogP contribution in [-0.2, 0) is 4.79 Å². The first-order valence-electron chi connectivity index (χ1n) is 6.07. The van der Waals surface area contributed by atoms with Crippen molar-refractivity contribution < 1.29 is 9.90 Å². The third kappa shape index (κ3) is 2.54. The van der Waals surface area contributed by atoms with Gasteiger partial charge in [-0.05, 0) is 36.9 Å². The summed E-state index contributed by atoms with van der Waals surface area (Å²) < 4.78 is 0. The molecule has 1 aliphatic heterocycles. The molecular formula is C12H21NO2S. The van der Waals surface area contributed by atoms with Gasteiger partial charge < -0.3 is 5.11 Å². The largest absolute Gasteiger partial charge is 0.480 e. The number of thioether (sulfide) groups is 1. The molecule has 1 spiro atoms. The van der Waals surface area contributed by atoms with E-state index in [4.69, 9.17) is 5.11 Å². The predicted molar refractivity (Wildman–Crippen MR) is 66.6 cm³/mol. The molecule has 92 valence electrons. The first-order valence-corrected chi connectivity index (χ1v) is 7.06. The van der Waals surface area contributed by atoms with E-state index in [1.54, 1.807) is 0 Å². The summed E-state index contributed by atoms with van der Waals surface area (Å²) >= 11 is 1.94. The lowest BCUT2D eigenvalue weighted by Crippen LogP contribution is -2.57. The molecular weight excluding hydrogens is 222 g/mol. The van der Waals surface area contributed by atoms with E-state index >= 15 is 0 Å². The highest BCUT2D eigenvalue weighted by Gasteiger charge is 2.44. The quantitative estimate of drug-likeness (QED) is 0.743. The Hall–Kier alpha value is -0.220. The third-order valence-electron chi connectivity index (χ3n) is 3.72. The van der Waals surface area contributed by atoms with Gasteiger partial charge in [0.25, 0.3) is 0 Å². The molecule has 0 radical (unpaired) electrons. The smallest absolute Gasteiger partial charge is 0.320 e. The van der Waals surface area contributed by atoms with Crippen LogP contribution in [0.25, 0.3) is 0 Å². The van der Waals surface area contributed by atoms with Gasteiger partial charge in [-0.1, -0.05) is 20.3 Å². The Morgan fingerprint density at radius 1 is 1.44 bits per heavy atom. The summed E-state index contributed by atoms with van der Waals surface area (Å²) in [6.45, 7) is 4.58. The van der Waals surface area contributed by atoms with Crippen LogP contribution in [0.5, 0.6) is 0 Å². The molecule has 2 N–H and O–H groups in total. The maximum Gasteiger partial charge on any atom is 0.320 e. The minimum atomic E-state index is -0.692. The highest BCUT2D eigenvalue weighted by Crippen LogP contribution is 2.48. The van der Waals surface area contributed by atoms with Crippen molar-refractivity contribution >= 4 is 17.7 Å². The Labute approximate surface area is 101 Å². The van der Waals surface area contributed by atoms with Crippen molar-refractivity contribution in [2.75, 3.05) is 5.75 Å². The second-order valence-corrected chi connectivity index (χ2v) is 7.34. The summed E-state index contributed by atoms with van der Waals surface area (Å²) in [6.07, 6.45) is 5.43. The lowest BCUT2D eigenvalue weighted by molar-refractivity contribution is -0.140. The first kappa shape index (κ1) is 12.2. The number of rotatable bonds is 1. The predicted octanol–water partition coefficient (Wildman–Crippen LogP) is 2.46. The van der Waals surface area contributed by atoms with E-state index in [0.717, 1.165) is 25.0 Å². The Kier molecular flexibility index (Phi) is 3.23. The van der Waals surface area contributed by atoms with Crippen molar-refractivity contribution in [2.24, 2.45) is 5.41 Å². The molecule has 2 unspecified atom stereocenters. The minimum absolute atomic E-state index is 0.0308. The number of nitrogens with one attached hydrogen (secondary N) is 1. The zero-order valence-electron chi connectivity index (χ0n) is 10.1. The van der Waals surface area contributed by atoms with Gasteiger partial charge in [-0.3, -0.25) is 10.1 Å². The molecule has 2 rings (SSSR count). The average molecular weight is 243 g/mol. The van der Waals surface area contributed by atoms with Crippen molar-refractivity contribution in [3.8, 4) is 0 Å². The van der Waals surface area contributed by atoms with Gasteiger partial charge in [0, 0.05) is 0 Å². The average Bonchev–Trinajstić information content (AvgIpc) is 2.15. The SMILES string of the molecule is CC1(C)CCCC2(C1)NC(C(=O)O)CCS2. The number of carboxylic acids is 1. The molecule has 1 heterocycles. The summed E-state index contributed by atoms with van der Waals surface area (Å²) in [7, 11) is 0. The summed E-state index contributed by atoms with van der Waals surface area (Å²) in [4.78, 5) is 11.1. The molecule has 16 heavy (non-hydrogen) atoms. The molecule has 0 aromatic rings. The van der Waals surface area contributed by atoms with Crippen molar-refractivity contribution in [1.82, 2.24) is 5.32 Å². The molecule has 3 nitrogen and oxygen atoms in total. The Bertz CT molecular complexity index is 289. The molecule has 1 saturated heterocycles. The van der Waals surface area contributed by atoms with E-state index in [-0.39, 0.29) is 10.9 Å². The second kappa shape index (κ2) is 4.22. The number of hydrogen-bond donors (Lipinski definition) is 2. The van der Waals surface area contributed by atoms with Gasteiger partial charge in [0.1, 0.15) is 6.04 Å². The third-order valence-corrected chi connectivity index (χ3v) is 5.18. The maximum absolute atomic E-state index is 11.1. The van der Waals surface area contributed by atoms with E-state index in [9.17, 15) is 4.79 Å². The molecule has 2 aliphatic rings. The normalized spacial score (nSPS) is 38.5. The van der Waals surface area contributed by atoms with Crippen LogP contribution in [0.15, 0.2) is 0 Å². The van der Waals surface area contributed by atoms with Gasteiger partial charge in [-0.2, -0.15) is 0 Å². The van der Waals surface area contributed by atoms with Gasteiger partial charge >= 0.3 is 5.97 Å². The van der Waals surface area contributed by atoms with Crippen LogP contribution < -0.4 is 5.32 Å². The van der Waals surface area contributed by atoms with Gasteiger partial charge in [-0.15, -0.1) is 11.8 Å². The highest BCUT2D eigenvalue weighted by molar-refractivity contribution is 8.00. The second-order valence-electron chi connectivity index (χ2n) is 5.86. The van der Waals surface area contributed by atoms with Crippen molar-refractivity contribution in [3.63, 3.8) is 0 Å². The number of carbonyl (C=O) groups is 1. The molecule has 0 amide bonds. The van der Waals surface area contributed by atoms with E-state index in [1.165, 1.54) is 12.8 Å². The van der Waals surface area contributed by atoms with Gasteiger partial charge in [0.2, 0.25) is 0 Å². The topological polar surface area (TPSA) is 49.3 Å². The lowest BCUT2D eigenvalue weighted by Gasteiger charge is -2.48. The standard InChI is InChI=1S/C12H21NO2S/c1-11(2)5-3-6-12(8-11)13-9(10(14)15)4-7-16-12/h9,13H,3-8H2,1-2H3,(H,14,15). The fourth-order valence-electron chi connectivity index (χ4n) is 3.04. The number of hydrogen-bond acceptors (Lipinski definition) is 3. The molecule has 1 aliphatic carbocycles. The molecule has 0 bridgehead atoms. The fourth-order valence-corrected chi connectivity index (χ4v) is 4.79. The Morgan fingerprint density at radius 3 is 2.81 bits per heavy atom. The van der Waals surface area contributed by atoms with E-state index < -0.39 is 5.97 Å². The minimum Gasteiger partial charge on any atom is -0.480 e. The molecule has 0 aromatic heterocycles. The molecule has 0 aromatic carbocycles. The molecule has 2 fully saturated rings. The fraction of sp³-hybridized carbons (Fsp3) is 0.917. The number of aliphatic carboxylic acids is 1. The summed E-state index contributed by atoms with van der Waals surface area (Å²) in [5.74, 6) is 0.281. The van der Waals surface area contributed by atoms with E-state index in [0.29, 0.717) is 5.41 Å². The van der Waals surface area contributed by atoms with Crippen LogP contribution in [0.2, 0.25) is 0 Å². The Balaban J connectivity index is 2.09. The molecule has 2 atom stereocenters. The molecule has 4 heteroatoms. The van der Waals surface area contributed by atoms with Gasteiger partial charge in [-0.25, -0.2) is 0 Å². The monoisotopic (exact) mass is 243 g/mol. The van der Waals surface area contributed by atoms with Crippen LogP contribution in [0.4, 0.5) is 0 Å². The van der Waals surface area contributed by atoms with Crippen molar-refractivity contribution in [3.05, 3.63) is 0 Å². The van der Waals surface area contributed by atoms with Crippen LogP contribution in [0.1, 0.15) is 46.0 Å². The number of carboxylic acid groups (broad SMARTS) is 1. The summed E-state index contributed by atoms with van der Waals surface area (Å²) in [5.41, 5.74) is 0.346. The zero-order chi connectivity index (χ0) is 11.8. The zero-order valence-corrected chi connectivity index (χ0v) is 10.9. The highest BCUT2D eigenvalue weighted by atomic mass is 32.2. The molecule has 1 saturated carbocycles. The van der Waals surface area contributed by atoms with Crippen LogP contribution >= 0.6 is 11.8 Å². The van der Waals surface area contributed by atoms with Gasteiger partial charge in [0.15, 0.2) is 0 Å². The van der Waals surface area contributed by atoms with Crippen LogP contribution in [0, 0.1) is 5.41 Å². The van der Waals surface area contributed by atoms with Crippen LogP contribution in [0.3, 0.4) is 0 Å². The van der Waals surface area contributed by atoms with Gasteiger partial charge in [0.05, 0.1) is 4.87 Å². The van der Waals surface area contributed by atoms with Crippen molar-refractivity contribution in [1.29, 1.82) is 0 Å². The Morgan fingerprint density at radius 2 is 2.19 bits per heavy atom. The summed E-state index contributed by atoms with van der Waals surface area (Å²) in [5, 5.41) is 12.5. The van der Waals surface area contributed by atoms with E-state index in [2.05, 4.69) is 19.2 Å². The van der Waals surface area contributed by atoms with Crippen molar-refractivity contribution in [2.45, 2.75) is 56.9 Å². The summed E-state index contributed by atoms with van der Waals surface area (Å²) in [6, 6.07) is -0.338. The first-order chi connectivity index (χ1) is 7.43. The van der Waals surface area contributed by atoms with Crippen LogP contribution in [-0.4, -0.2) is 27.7 Å².